The fraction of sp³-hybridized carbons (Fsp3) is 0.154. The maximum Gasteiger partial charge on any atom is 0.150 e. The number of benzene rings is 1. The number of rotatable bonds is 2. The van der Waals surface area contributed by atoms with Crippen LogP contribution in [-0.2, 0) is 4.79 Å². The number of allylic oxidation sites excluding steroid dienone is 3. The van der Waals surface area contributed by atoms with Crippen molar-refractivity contribution < 1.29 is 4.79 Å². The molecule has 1 aliphatic carbocycles. The topological polar surface area (TPSA) is 69.1 Å². The van der Waals surface area contributed by atoms with Gasteiger partial charge in [-0.05, 0) is 23.4 Å². The predicted molar refractivity (Wildman–Crippen MR) is 63.3 cm³/mol. The molecule has 1 atom stereocenters. The van der Waals surface area contributed by atoms with Gasteiger partial charge in [-0.3, -0.25) is 4.79 Å². The van der Waals surface area contributed by atoms with Gasteiger partial charge < -0.3 is 11.5 Å². The minimum atomic E-state index is -0.249. The Morgan fingerprint density at radius 1 is 1.25 bits per heavy atom. The molecule has 82 valence electrons. The van der Waals surface area contributed by atoms with Gasteiger partial charge in [0, 0.05) is 12.1 Å². The molecule has 1 aliphatic rings. The molecule has 0 saturated heterocycles. The monoisotopic (exact) mass is 214 g/mol. The van der Waals surface area contributed by atoms with Crippen LogP contribution in [-0.4, -0.2) is 5.78 Å². The number of carbonyl (C=O) groups excluding carboxylic acids is 1. The maximum absolute atomic E-state index is 11.9. The highest BCUT2D eigenvalue weighted by Gasteiger charge is 2.31. The molecule has 0 radical (unpaired) electrons. The smallest absolute Gasteiger partial charge is 0.150 e. The van der Waals surface area contributed by atoms with Gasteiger partial charge in [0.2, 0.25) is 0 Å². The quantitative estimate of drug-likeness (QED) is 0.782. The Morgan fingerprint density at radius 3 is 2.56 bits per heavy atom. The Hall–Kier alpha value is -2.03. The SMILES string of the molecule is N/C=C\C1=C(N)CC(=O)C1c1ccccc1. The summed E-state index contributed by atoms with van der Waals surface area (Å²) < 4.78 is 0. The molecule has 0 bridgehead atoms. The maximum atomic E-state index is 11.9. The van der Waals surface area contributed by atoms with Crippen molar-refractivity contribution in [2.75, 3.05) is 0 Å². The zero-order valence-corrected chi connectivity index (χ0v) is 8.89. The Kier molecular flexibility index (Phi) is 2.77. The molecule has 0 aromatic heterocycles. The van der Waals surface area contributed by atoms with Crippen LogP contribution in [0, 0.1) is 0 Å². The van der Waals surface area contributed by atoms with E-state index in [0.29, 0.717) is 12.1 Å². The van der Waals surface area contributed by atoms with E-state index in [9.17, 15) is 4.79 Å². The molecule has 4 N–H and O–H groups in total. The van der Waals surface area contributed by atoms with Gasteiger partial charge in [0.15, 0.2) is 5.78 Å². The molecule has 2 rings (SSSR count). The summed E-state index contributed by atoms with van der Waals surface area (Å²) in [6, 6.07) is 9.63. The van der Waals surface area contributed by atoms with Gasteiger partial charge in [0.1, 0.15) is 0 Å². The van der Waals surface area contributed by atoms with E-state index in [2.05, 4.69) is 0 Å². The fourth-order valence-electron chi connectivity index (χ4n) is 2.07. The number of hydrogen-bond donors (Lipinski definition) is 2. The van der Waals surface area contributed by atoms with Crippen LogP contribution in [0.15, 0.2) is 53.9 Å². The largest absolute Gasteiger partial charge is 0.405 e. The van der Waals surface area contributed by atoms with Crippen LogP contribution in [0.5, 0.6) is 0 Å². The van der Waals surface area contributed by atoms with E-state index < -0.39 is 0 Å². The predicted octanol–water partition coefficient (Wildman–Crippen LogP) is 1.43. The lowest BCUT2D eigenvalue weighted by atomic mass is 9.92. The van der Waals surface area contributed by atoms with E-state index in [4.69, 9.17) is 11.5 Å². The van der Waals surface area contributed by atoms with Crippen molar-refractivity contribution in [3.05, 3.63) is 59.4 Å². The molecule has 0 saturated carbocycles. The summed E-state index contributed by atoms with van der Waals surface area (Å²) in [5, 5.41) is 0. The van der Waals surface area contributed by atoms with E-state index in [1.165, 1.54) is 6.20 Å². The highest BCUT2D eigenvalue weighted by molar-refractivity contribution is 5.95. The molecule has 3 heteroatoms. The highest BCUT2D eigenvalue weighted by atomic mass is 16.1. The normalized spacial score (nSPS) is 21.0. The first kappa shape index (κ1) is 10.5. The molecule has 0 amide bonds. The molecule has 0 heterocycles. The first-order valence-electron chi connectivity index (χ1n) is 5.18. The van der Waals surface area contributed by atoms with Crippen LogP contribution < -0.4 is 11.5 Å². The Labute approximate surface area is 94.4 Å². The number of Topliss-reactive ketones (excluding diaryl/α,β-unsaturated/α-hetero) is 1. The van der Waals surface area contributed by atoms with Crippen LogP contribution in [0.25, 0.3) is 0 Å². The van der Waals surface area contributed by atoms with Gasteiger partial charge in [0.05, 0.1) is 5.92 Å². The van der Waals surface area contributed by atoms with E-state index in [1.807, 2.05) is 30.3 Å². The molecule has 16 heavy (non-hydrogen) atoms. The van der Waals surface area contributed by atoms with E-state index in [-0.39, 0.29) is 11.7 Å². The van der Waals surface area contributed by atoms with E-state index in [0.717, 1.165) is 11.1 Å². The van der Waals surface area contributed by atoms with Crippen molar-refractivity contribution in [3.63, 3.8) is 0 Å². The standard InChI is InChI=1S/C13H14N2O/c14-7-6-10-11(15)8-12(16)13(10)9-4-2-1-3-5-9/h1-7,13H,8,14-15H2/b7-6-. The average molecular weight is 214 g/mol. The number of hydrogen-bond acceptors (Lipinski definition) is 3. The third kappa shape index (κ3) is 1.72. The Bertz CT molecular complexity index is 460. The third-order valence-corrected chi connectivity index (χ3v) is 2.78. The van der Waals surface area contributed by atoms with Crippen molar-refractivity contribution in [2.45, 2.75) is 12.3 Å². The second-order valence-corrected chi connectivity index (χ2v) is 3.83. The molecule has 0 spiro atoms. The van der Waals surface area contributed by atoms with Crippen molar-refractivity contribution in [3.8, 4) is 0 Å². The summed E-state index contributed by atoms with van der Waals surface area (Å²) in [7, 11) is 0. The lowest BCUT2D eigenvalue weighted by molar-refractivity contribution is -0.118. The summed E-state index contributed by atoms with van der Waals surface area (Å²) in [4.78, 5) is 11.9. The second-order valence-electron chi connectivity index (χ2n) is 3.83. The average Bonchev–Trinajstić information content (AvgIpc) is 2.56. The molecular formula is C13H14N2O. The van der Waals surface area contributed by atoms with Crippen molar-refractivity contribution in [1.82, 2.24) is 0 Å². The van der Waals surface area contributed by atoms with Crippen LogP contribution >= 0.6 is 0 Å². The zero-order valence-electron chi connectivity index (χ0n) is 8.89. The first-order chi connectivity index (χ1) is 7.74. The molecule has 1 unspecified atom stereocenters. The van der Waals surface area contributed by atoms with Gasteiger partial charge in [-0.2, -0.15) is 0 Å². The number of carbonyl (C=O) groups is 1. The minimum Gasteiger partial charge on any atom is -0.405 e. The van der Waals surface area contributed by atoms with Crippen LogP contribution in [0.3, 0.4) is 0 Å². The zero-order chi connectivity index (χ0) is 11.5. The van der Waals surface area contributed by atoms with E-state index in [1.54, 1.807) is 6.08 Å². The lowest BCUT2D eigenvalue weighted by Gasteiger charge is -2.11. The first-order valence-corrected chi connectivity index (χ1v) is 5.18. The van der Waals surface area contributed by atoms with Crippen molar-refractivity contribution in [2.24, 2.45) is 11.5 Å². The Morgan fingerprint density at radius 2 is 1.94 bits per heavy atom. The molecular weight excluding hydrogens is 200 g/mol. The highest BCUT2D eigenvalue weighted by Crippen LogP contribution is 2.35. The van der Waals surface area contributed by atoms with Crippen LogP contribution in [0.1, 0.15) is 17.9 Å². The Balaban J connectivity index is 2.44. The summed E-state index contributed by atoms with van der Waals surface area (Å²) >= 11 is 0. The van der Waals surface area contributed by atoms with Crippen LogP contribution in [0.2, 0.25) is 0 Å². The molecule has 0 fully saturated rings. The molecule has 0 aliphatic heterocycles. The third-order valence-electron chi connectivity index (χ3n) is 2.78. The number of nitrogens with two attached hydrogens (primary N) is 2. The summed E-state index contributed by atoms with van der Waals surface area (Å²) in [6.07, 6.45) is 3.47. The lowest BCUT2D eigenvalue weighted by Crippen LogP contribution is -2.07. The van der Waals surface area contributed by atoms with Crippen LogP contribution in [0.4, 0.5) is 0 Å². The van der Waals surface area contributed by atoms with Gasteiger partial charge in [0.25, 0.3) is 0 Å². The van der Waals surface area contributed by atoms with Gasteiger partial charge in [-0.1, -0.05) is 30.3 Å². The summed E-state index contributed by atoms with van der Waals surface area (Å²) in [6.45, 7) is 0. The molecule has 1 aromatic carbocycles. The fourth-order valence-corrected chi connectivity index (χ4v) is 2.07. The molecule has 3 nitrogen and oxygen atoms in total. The van der Waals surface area contributed by atoms with Crippen molar-refractivity contribution >= 4 is 5.78 Å². The van der Waals surface area contributed by atoms with Gasteiger partial charge in [-0.25, -0.2) is 0 Å². The summed E-state index contributed by atoms with van der Waals surface area (Å²) in [5.74, 6) is -0.113. The second kappa shape index (κ2) is 4.23. The van der Waals surface area contributed by atoms with Gasteiger partial charge in [-0.15, -0.1) is 0 Å². The van der Waals surface area contributed by atoms with Crippen molar-refractivity contribution in [1.29, 1.82) is 0 Å². The van der Waals surface area contributed by atoms with E-state index >= 15 is 0 Å². The number of ketones is 1. The molecule has 1 aromatic rings. The van der Waals surface area contributed by atoms with Gasteiger partial charge >= 0.3 is 0 Å². The minimum absolute atomic E-state index is 0.136. The summed E-state index contributed by atoms with van der Waals surface area (Å²) in [5.41, 5.74) is 13.6.